The Bertz CT molecular complexity index is 519. The minimum absolute atomic E-state index is 0.624. The first kappa shape index (κ1) is 9.95. The van der Waals surface area contributed by atoms with E-state index in [1.54, 1.807) is 5.56 Å². The first-order valence-electron chi connectivity index (χ1n) is 6.39. The molecule has 84 valence electrons. The summed E-state index contributed by atoms with van der Waals surface area (Å²) in [7, 11) is 0. The summed E-state index contributed by atoms with van der Waals surface area (Å²) in [6.45, 7) is 4.53. The van der Waals surface area contributed by atoms with Crippen LogP contribution in [-0.2, 0) is 12.8 Å². The fourth-order valence-electron chi connectivity index (χ4n) is 2.78. The Kier molecular flexibility index (Phi) is 2.27. The Hall–Kier alpha value is -1.24. The molecule has 1 aromatic heterocycles. The lowest BCUT2D eigenvalue weighted by Gasteiger charge is -2.11. The van der Waals surface area contributed by atoms with E-state index < -0.39 is 0 Å². The maximum Gasteiger partial charge on any atom is 0.0459 e. The predicted molar refractivity (Wildman–Crippen MR) is 69.0 cm³/mol. The number of rotatable bonds is 1. The monoisotopic (exact) mass is 213 g/mol. The van der Waals surface area contributed by atoms with Crippen molar-refractivity contribution in [1.29, 1.82) is 0 Å². The Morgan fingerprint density at radius 1 is 1.12 bits per heavy atom. The average molecular weight is 213 g/mol. The largest absolute Gasteiger partial charge is 0.358 e. The summed E-state index contributed by atoms with van der Waals surface area (Å²) in [6.07, 6.45) is 5.20. The molecule has 1 heterocycles. The zero-order valence-electron chi connectivity index (χ0n) is 10.1. The standard InChI is InChI=1S/C15H19N/c1-10(2)11-7-8-15-13(9-11)12-5-3-4-6-14(12)16-15/h7-10,16H,3-6H2,1-2H3. The highest BCUT2D eigenvalue weighted by Gasteiger charge is 2.15. The van der Waals surface area contributed by atoms with E-state index >= 15 is 0 Å². The van der Waals surface area contributed by atoms with Crippen LogP contribution >= 0.6 is 0 Å². The Morgan fingerprint density at radius 2 is 1.94 bits per heavy atom. The van der Waals surface area contributed by atoms with E-state index in [1.807, 2.05) is 0 Å². The van der Waals surface area contributed by atoms with Gasteiger partial charge in [-0.2, -0.15) is 0 Å². The van der Waals surface area contributed by atoms with E-state index in [-0.39, 0.29) is 0 Å². The van der Waals surface area contributed by atoms with Gasteiger partial charge < -0.3 is 4.98 Å². The van der Waals surface area contributed by atoms with Gasteiger partial charge in [-0.1, -0.05) is 19.9 Å². The van der Waals surface area contributed by atoms with E-state index in [1.165, 1.54) is 47.8 Å². The first-order chi connectivity index (χ1) is 7.75. The van der Waals surface area contributed by atoms with Crippen LogP contribution in [-0.4, -0.2) is 4.98 Å². The average Bonchev–Trinajstić information content (AvgIpc) is 2.66. The molecule has 0 fully saturated rings. The number of aryl methyl sites for hydroxylation is 2. The summed E-state index contributed by atoms with van der Waals surface area (Å²) < 4.78 is 0. The molecule has 2 aromatic rings. The number of hydrogen-bond acceptors (Lipinski definition) is 0. The van der Waals surface area contributed by atoms with Crippen molar-refractivity contribution in [3.8, 4) is 0 Å². The summed E-state index contributed by atoms with van der Waals surface area (Å²) in [4.78, 5) is 3.58. The zero-order valence-corrected chi connectivity index (χ0v) is 10.1. The van der Waals surface area contributed by atoms with Crippen LogP contribution in [0.5, 0.6) is 0 Å². The van der Waals surface area contributed by atoms with Crippen LogP contribution in [0.2, 0.25) is 0 Å². The van der Waals surface area contributed by atoms with Crippen LogP contribution in [0, 0.1) is 0 Å². The zero-order chi connectivity index (χ0) is 11.1. The van der Waals surface area contributed by atoms with Crippen molar-refractivity contribution in [3.05, 3.63) is 35.0 Å². The molecule has 0 radical (unpaired) electrons. The Labute approximate surface area is 96.9 Å². The number of aromatic amines is 1. The lowest BCUT2D eigenvalue weighted by atomic mass is 9.94. The Balaban J connectivity index is 2.21. The van der Waals surface area contributed by atoms with Gasteiger partial charge in [-0.15, -0.1) is 0 Å². The molecule has 0 amide bonds. The number of fused-ring (bicyclic) bond motifs is 3. The molecule has 0 atom stereocenters. The van der Waals surface area contributed by atoms with Gasteiger partial charge in [0.15, 0.2) is 0 Å². The van der Waals surface area contributed by atoms with Crippen molar-refractivity contribution in [1.82, 2.24) is 4.98 Å². The summed E-state index contributed by atoms with van der Waals surface area (Å²) in [5, 5.41) is 1.47. The van der Waals surface area contributed by atoms with E-state index in [9.17, 15) is 0 Å². The molecule has 3 rings (SSSR count). The SMILES string of the molecule is CC(C)c1ccc2[nH]c3c(c2c1)CCCC3. The molecule has 1 aliphatic carbocycles. The first-order valence-corrected chi connectivity index (χ1v) is 6.39. The van der Waals surface area contributed by atoms with Gasteiger partial charge in [0.25, 0.3) is 0 Å². The highest BCUT2D eigenvalue weighted by molar-refractivity contribution is 5.85. The lowest BCUT2D eigenvalue weighted by Crippen LogP contribution is -2.00. The van der Waals surface area contributed by atoms with Gasteiger partial charge in [0.2, 0.25) is 0 Å². The predicted octanol–water partition coefficient (Wildman–Crippen LogP) is 4.17. The number of nitrogens with one attached hydrogen (secondary N) is 1. The minimum atomic E-state index is 0.624. The molecule has 1 aliphatic rings. The maximum absolute atomic E-state index is 3.58. The van der Waals surface area contributed by atoms with E-state index in [2.05, 4.69) is 37.0 Å². The number of hydrogen-bond donors (Lipinski definition) is 1. The van der Waals surface area contributed by atoms with E-state index in [4.69, 9.17) is 0 Å². The van der Waals surface area contributed by atoms with Crippen molar-refractivity contribution in [3.63, 3.8) is 0 Å². The molecule has 0 bridgehead atoms. The molecule has 0 saturated carbocycles. The van der Waals surface area contributed by atoms with Gasteiger partial charge in [-0.05, 0) is 54.9 Å². The second kappa shape index (κ2) is 3.65. The van der Waals surface area contributed by atoms with Gasteiger partial charge >= 0.3 is 0 Å². The van der Waals surface area contributed by atoms with Crippen LogP contribution in [0.15, 0.2) is 18.2 Å². The van der Waals surface area contributed by atoms with E-state index in [0.29, 0.717) is 5.92 Å². The molecule has 0 saturated heterocycles. The summed E-state index contributed by atoms with van der Waals surface area (Å²) in [5.41, 5.74) is 5.86. The van der Waals surface area contributed by atoms with Crippen LogP contribution in [0.1, 0.15) is 49.4 Å². The van der Waals surface area contributed by atoms with Gasteiger partial charge in [-0.25, -0.2) is 0 Å². The third-order valence-corrected chi connectivity index (χ3v) is 3.79. The van der Waals surface area contributed by atoms with Crippen molar-refractivity contribution in [2.45, 2.75) is 45.4 Å². The molecule has 1 nitrogen and oxygen atoms in total. The summed E-state index contributed by atoms with van der Waals surface area (Å²) in [6, 6.07) is 6.90. The van der Waals surface area contributed by atoms with Crippen LogP contribution in [0.4, 0.5) is 0 Å². The molecule has 16 heavy (non-hydrogen) atoms. The molecular formula is C15H19N. The molecule has 0 aliphatic heterocycles. The normalized spacial score (nSPS) is 15.7. The molecular weight excluding hydrogens is 194 g/mol. The second-order valence-electron chi connectivity index (χ2n) is 5.25. The number of benzene rings is 1. The quantitative estimate of drug-likeness (QED) is 0.731. The molecule has 0 unspecified atom stereocenters. The van der Waals surface area contributed by atoms with Crippen molar-refractivity contribution in [2.75, 3.05) is 0 Å². The highest BCUT2D eigenvalue weighted by Crippen LogP contribution is 2.31. The van der Waals surface area contributed by atoms with Gasteiger partial charge in [0.05, 0.1) is 0 Å². The fraction of sp³-hybridized carbons (Fsp3) is 0.467. The number of H-pyrrole nitrogens is 1. The van der Waals surface area contributed by atoms with Gasteiger partial charge in [0, 0.05) is 16.6 Å². The summed E-state index contributed by atoms with van der Waals surface area (Å²) in [5.74, 6) is 0.624. The third kappa shape index (κ3) is 1.46. The topological polar surface area (TPSA) is 15.8 Å². The van der Waals surface area contributed by atoms with Crippen molar-refractivity contribution < 1.29 is 0 Å². The van der Waals surface area contributed by atoms with Crippen LogP contribution in [0.3, 0.4) is 0 Å². The molecule has 1 aromatic carbocycles. The number of aromatic nitrogens is 1. The second-order valence-corrected chi connectivity index (χ2v) is 5.25. The van der Waals surface area contributed by atoms with Crippen molar-refractivity contribution >= 4 is 10.9 Å². The fourth-order valence-corrected chi connectivity index (χ4v) is 2.78. The molecule has 1 heteroatoms. The Morgan fingerprint density at radius 3 is 2.75 bits per heavy atom. The summed E-state index contributed by atoms with van der Waals surface area (Å²) >= 11 is 0. The van der Waals surface area contributed by atoms with E-state index in [0.717, 1.165) is 0 Å². The van der Waals surface area contributed by atoms with Crippen LogP contribution < -0.4 is 0 Å². The minimum Gasteiger partial charge on any atom is -0.358 e. The lowest BCUT2D eigenvalue weighted by molar-refractivity contribution is 0.680. The highest BCUT2D eigenvalue weighted by atomic mass is 14.7. The maximum atomic E-state index is 3.58. The van der Waals surface area contributed by atoms with Gasteiger partial charge in [0.1, 0.15) is 0 Å². The molecule has 0 spiro atoms. The van der Waals surface area contributed by atoms with Gasteiger partial charge in [-0.3, -0.25) is 0 Å². The smallest absolute Gasteiger partial charge is 0.0459 e. The van der Waals surface area contributed by atoms with Crippen molar-refractivity contribution in [2.24, 2.45) is 0 Å². The molecule has 1 N–H and O–H groups in total. The third-order valence-electron chi connectivity index (χ3n) is 3.79. The van der Waals surface area contributed by atoms with Crippen LogP contribution in [0.25, 0.3) is 10.9 Å².